The minimum atomic E-state index is -0.116. The predicted molar refractivity (Wildman–Crippen MR) is 29.5 cm³/mol. The van der Waals surface area contributed by atoms with Crippen molar-refractivity contribution in [3.63, 3.8) is 0 Å². The van der Waals surface area contributed by atoms with Gasteiger partial charge in [0, 0.05) is 7.05 Å². The molecule has 0 aliphatic carbocycles. The summed E-state index contributed by atoms with van der Waals surface area (Å²) in [4.78, 5) is 13.9. The average Bonchev–Trinajstić information content (AvgIpc) is 2.14. The van der Waals surface area contributed by atoms with Crippen molar-refractivity contribution in [3.8, 4) is 0 Å². The van der Waals surface area contributed by atoms with E-state index < -0.39 is 0 Å². The summed E-state index contributed by atoms with van der Waals surface area (Å²) >= 11 is 0. The van der Waals surface area contributed by atoms with Gasteiger partial charge in [-0.05, 0) is 0 Å². The highest BCUT2D eigenvalue weighted by Crippen LogP contribution is 1.81. The fraction of sp³-hybridized carbons (Fsp3) is 0.500. The minimum absolute atomic E-state index is 0.116. The summed E-state index contributed by atoms with van der Waals surface area (Å²) in [5.74, 6) is 0.448. The van der Waals surface area contributed by atoms with Crippen molar-refractivity contribution >= 4 is 11.9 Å². The fourth-order valence-electron chi connectivity index (χ4n) is 0.507. The smallest absolute Gasteiger partial charge is 0.268 e. The molecule has 1 heterocycles. The van der Waals surface area contributed by atoms with Crippen LogP contribution in [0.2, 0.25) is 0 Å². The van der Waals surface area contributed by atoms with Crippen molar-refractivity contribution in [2.75, 3.05) is 13.6 Å². The van der Waals surface area contributed by atoms with E-state index in [-0.39, 0.29) is 5.91 Å². The Morgan fingerprint density at radius 1 is 1.88 bits per heavy atom. The van der Waals surface area contributed by atoms with Gasteiger partial charge in [-0.1, -0.05) is 0 Å². The number of guanidine groups is 1. The third-order valence-electron chi connectivity index (χ3n) is 0.880. The molecule has 2 N–H and O–H groups in total. The number of carbonyl (C=O) groups is 1. The molecule has 1 aliphatic rings. The lowest BCUT2D eigenvalue weighted by atomic mass is 10.7. The Hall–Kier alpha value is -1.06. The molecule has 1 amide bonds. The van der Waals surface area contributed by atoms with Crippen LogP contribution in [0.15, 0.2) is 4.99 Å². The number of nitrogens with zero attached hydrogens (tertiary/aromatic N) is 1. The van der Waals surface area contributed by atoms with Crippen LogP contribution in [0, 0.1) is 0 Å². The van der Waals surface area contributed by atoms with Crippen LogP contribution in [-0.4, -0.2) is 25.5 Å². The molecule has 0 saturated carbocycles. The van der Waals surface area contributed by atoms with Gasteiger partial charge in [0.1, 0.15) is 0 Å². The largest absolute Gasteiger partial charge is 0.359 e. The number of hydrogen-bond donors (Lipinski definition) is 2. The topological polar surface area (TPSA) is 53.5 Å². The average molecular weight is 113 g/mol. The van der Waals surface area contributed by atoms with Crippen molar-refractivity contribution in [2.24, 2.45) is 4.99 Å². The van der Waals surface area contributed by atoms with E-state index in [2.05, 4.69) is 15.6 Å². The Bertz CT molecular complexity index is 140. The maximum absolute atomic E-state index is 10.3. The maximum Gasteiger partial charge on any atom is 0.268 e. The van der Waals surface area contributed by atoms with Gasteiger partial charge in [0.25, 0.3) is 5.91 Å². The lowest BCUT2D eigenvalue weighted by molar-refractivity contribution is -0.116. The zero-order chi connectivity index (χ0) is 5.98. The Labute approximate surface area is 47.0 Å². The first kappa shape index (κ1) is 5.08. The highest BCUT2D eigenvalue weighted by molar-refractivity contribution is 6.00. The Kier molecular flexibility index (Phi) is 1.15. The van der Waals surface area contributed by atoms with E-state index in [4.69, 9.17) is 0 Å². The molecule has 0 aromatic rings. The van der Waals surface area contributed by atoms with Crippen LogP contribution >= 0.6 is 0 Å². The van der Waals surface area contributed by atoms with Crippen LogP contribution in [0.3, 0.4) is 0 Å². The molecular weight excluding hydrogens is 106 g/mol. The van der Waals surface area contributed by atoms with E-state index in [1.165, 1.54) is 0 Å². The van der Waals surface area contributed by atoms with E-state index in [9.17, 15) is 4.79 Å². The predicted octanol–water partition coefficient (Wildman–Crippen LogP) is -1.31. The summed E-state index contributed by atoms with van der Waals surface area (Å²) in [5.41, 5.74) is 0. The second-order valence-electron chi connectivity index (χ2n) is 1.46. The molecule has 44 valence electrons. The molecule has 0 bridgehead atoms. The van der Waals surface area contributed by atoms with Gasteiger partial charge in [-0.15, -0.1) is 0 Å². The van der Waals surface area contributed by atoms with Crippen LogP contribution < -0.4 is 10.6 Å². The van der Waals surface area contributed by atoms with E-state index in [0.29, 0.717) is 12.5 Å². The number of hydrogen-bond acceptors (Lipinski definition) is 3. The Morgan fingerprint density at radius 2 is 2.62 bits per heavy atom. The molecule has 0 unspecified atom stereocenters. The van der Waals surface area contributed by atoms with Crippen molar-refractivity contribution in [3.05, 3.63) is 0 Å². The van der Waals surface area contributed by atoms with Crippen molar-refractivity contribution in [2.45, 2.75) is 0 Å². The number of rotatable bonds is 0. The zero-order valence-corrected chi connectivity index (χ0v) is 4.56. The quantitative estimate of drug-likeness (QED) is 0.410. The second-order valence-corrected chi connectivity index (χ2v) is 1.46. The monoisotopic (exact) mass is 113 g/mol. The van der Waals surface area contributed by atoms with Gasteiger partial charge < -0.3 is 10.6 Å². The van der Waals surface area contributed by atoms with Gasteiger partial charge in [-0.3, -0.25) is 4.79 Å². The van der Waals surface area contributed by atoms with E-state index in [1.807, 2.05) is 0 Å². The Morgan fingerprint density at radius 3 is 2.88 bits per heavy atom. The third kappa shape index (κ3) is 0.776. The molecule has 0 radical (unpaired) electrons. The van der Waals surface area contributed by atoms with Crippen LogP contribution in [0.25, 0.3) is 0 Å². The van der Waals surface area contributed by atoms with Crippen molar-refractivity contribution < 1.29 is 4.79 Å². The first-order chi connectivity index (χ1) is 3.83. The molecule has 0 aromatic carbocycles. The van der Waals surface area contributed by atoms with Gasteiger partial charge in [0.15, 0.2) is 5.96 Å². The maximum atomic E-state index is 10.3. The van der Waals surface area contributed by atoms with Gasteiger partial charge in [-0.25, -0.2) is 0 Å². The molecule has 8 heavy (non-hydrogen) atoms. The summed E-state index contributed by atoms with van der Waals surface area (Å²) in [7, 11) is 1.71. The SMILES string of the molecule is CNC1=NC(=O)CN1. The van der Waals surface area contributed by atoms with Crippen LogP contribution in [0.1, 0.15) is 0 Å². The lowest BCUT2D eigenvalue weighted by Gasteiger charge is -1.94. The van der Waals surface area contributed by atoms with Gasteiger partial charge in [-0.2, -0.15) is 4.99 Å². The van der Waals surface area contributed by atoms with Gasteiger partial charge in [0.2, 0.25) is 0 Å². The van der Waals surface area contributed by atoms with Crippen molar-refractivity contribution in [1.29, 1.82) is 0 Å². The highest BCUT2D eigenvalue weighted by atomic mass is 16.1. The molecule has 4 nitrogen and oxygen atoms in total. The summed E-state index contributed by atoms with van der Waals surface area (Å²) in [5, 5.41) is 5.46. The number of amides is 1. The summed E-state index contributed by atoms with van der Waals surface area (Å²) < 4.78 is 0. The number of aliphatic imine (C=N–C) groups is 1. The molecule has 1 aliphatic heterocycles. The molecule has 4 heteroatoms. The normalized spacial score (nSPS) is 17.6. The zero-order valence-electron chi connectivity index (χ0n) is 4.56. The molecule has 1 rings (SSSR count). The van der Waals surface area contributed by atoms with Crippen LogP contribution in [0.5, 0.6) is 0 Å². The minimum Gasteiger partial charge on any atom is -0.359 e. The molecule has 0 fully saturated rings. The fourth-order valence-corrected chi connectivity index (χ4v) is 0.507. The van der Waals surface area contributed by atoms with Crippen LogP contribution in [0.4, 0.5) is 0 Å². The second kappa shape index (κ2) is 1.81. The first-order valence-corrected chi connectivity index (χ1v) is 2.36. The standard InChI is InChI=1S/C4H7N3O/c1-5-4-6-2-3(8)7-4/h2H2,1H3,(H2,5,6,7,8). The Balaban J connectivity index is 2.57. The molecule has 0 atom stereocenters. The van der Waals surface area contributed by atoms with Gasteiger partial charge in [0.05, 0.1) is 6.54 Å². The van der Waals surface area contributed by atoms with E-state index in [0.717, 1.165) is 0 Å². The first-order valence-electron chi connectivity index (χ1n) is 2.36. The lowest BCUT2D eigenvalue weighted by Crippen LogP contribution is -2.30. The third-order valence-corrected chi connectivity index (χ3v) is 0.880. The van der Waals surface area contributed by atoms with Gasteiger partial charge >= 0.3 is 0 Å². The molecule has 0 saturated heterocycles. The molecule has 0 aromatic heterocycles. The van der Waals surface area contributed by atoms with Crippen molar-refractivity contribution in [1.82, 2.24) is 10.6 Å². The molecule has 0 spiro atoms. The summed E-state index contributed by atoms with van der Waals surface area (Å²) in [6.45, 7) is 0.330. The van der Waals surface area contributed by atoms with E-state index >= 15 is 0 Å². The summed E-state index contributed by atoms with van der Waals surface area (Å²) in [6.07, 6.45) is 0. The number of nitrogens with one attached hydrogen (secondary N) is 2. The molecular formula is C4H7N3O. The van der Waals surface area contributed by atoms with E-state index in [1.54, 1.807) is 7.05 Å². The van der Waals surface area contributed by atoms with Crippen LogP contribution in [-0.2, 0) is 4.79 Å². The summed E-state index contributed by atoms with van der Waals surface area (Å²) in [6, 6.07) is 0. The highest BCUT2D eigenvalue weighted by Gasteiger charge is 2.09. The number of carbonyl (C=O) groups excluding carboxylic acids is 1.